The second-order valence-electron chi connectivity index (χ2n) is 5.81. The first-order valence-corrected chi connectivity index (χ1v) is 7.47. The fraction of sp³-hybridized carbons (Fsp3) is 0.500. The van der Waals surface area contributed by atoms with Gasteiger partial charge in [0, 0.05) is 18.7 Å². The van der Waals surface area contributed by atoms with Gasteiger partial charge < -0.3 is 9.63 Å². The first-order valence-electron chi connectivity index (χ1n) is 7.47. The summed E-state index contributed by atoms with van der Waals surface area (Å²) in [5, 5.41) is 13.3. The predicted molar refractivity (Wildman–Crippen MR) is 79.6 cm³/mol. The molecule has 3 rings (SSSR count). The fourth-order valence-electron chi connectivity index (χ4n) is 2.86. The highest BCUT2D eigenvalue weighted by Gasteiger charge is 2.21. The van der Waals surface area contributed by atoms with E-state index in [1.165, 1.54) is 5.56 Å². The topological polar surface area (TPSA) is 62.4 Å². The molecule has 21 heavy (non-hydrogen) atoms. The number of hydrogen-bond donors (Lipinski definition) is 1. The van der Waals surface area contributed by atoms with E-state index in [4.69, 9.17) is 4.52 Å². The smallest absolute Gasteiger partial charge is 0.241 e. The molecule has 2 aromatic rings. The number of nitrogens with zero attached hydrogens (tertiary/aromatic N) is 3. The zero-order valence-corrected chi connectivity index (χ0v) is 12.3. The molecule has 1 fully saturated rings. The molecule has 5 nitrogen and oxygen atoms in total. The summed E-state index contributed by atoms with van der Waals surface area (Å²) < 4.78 is 5.37. The number of benzene rings is 1. The van der Waals surface area contributed by atoms with Crippen molar-refractivity contribution >= 4 is 0 Å². The summed E-state index contributed by atoms with van der Waals surface area (Å²) in [5.41, 5.74) is 2.16. The Hall–Kier alpha value is -1.72. The highest BCUT2D eigenvalue weighted by molar-refractivity contribution is 5.55. The van der Waals surface area contributed by atoms with Crippen LogP contribution in [0.4, 0.5) is 0 Å². The molecular formula is C16H21N3O2. The fourth-order valence-corrected chi connectivity index (χ4v) is 2.86. The summed E-state index contributed by atoms with van der Waals surface area (Å²) in [5.74, 6) is 1.66. The monoisotopic (exact) mass is 287 g/mol. The lowest BCUT2D eigenvalue weighted by Crippen LogP contribution is -2.36. The molecule has 1 aromatic heterocycles. The molecule has 0 aliphatic carbocycles. The second kappa shape index (κ2) is 6.37. The summed E-state index contributed by atoms with van der Waals surface area (Å²) in [6, 6.07) is 8.09. The number of rotatable bonds is 4. The molecule has 5 heteroatoms. The summed E-state index contributed by atoms with van der Waals surface area (Å²) in [6.45, 7) is 4.90. The number of piperidine rings is 1. The van der Waals surface area contributed by atoms with Crippen molar-refractivity contribution in [3.8, 4) is 11.4 Å². The van der Waals surface area contributed by atoms with Gasteiger partial charge in [-0.05, 0) is 38.3 Å². The Morgan fingerprint density at radius 2 is 2.33 bits per heavy atom. The molecule has 0 radical (unpaired) electrons. The van der Waals surface area contributed by atoms with Crippen molar-refractivity contribution in [1.29, 1.82) is 0 Å². The Labute approximate surface area is 124 Å². The average molecular weight is 287 g/mol. The van der Waals surface area contributed by atoms with Gasteiger partial charge in [-0.2, -0.15) is 4.98 Å². The van der Waals surface area contributed by atoms with E-state index < -0.39 is 0 Å². The van der Waals surface area contributed by atoms with Crippen LogP contribution in [-0.2, 0) is 6.54 Å². The highest BCUT2D eigenvalue weighted by Crippen LogP contribution is 2.20. The lowest BCUT2D eigenvalue weighted by atomic mass is 9.99. The van der Waals surface area contributed by atoms with E-state index in [1.54, 1.807) is 0 Å². The molecule has 1 N–H and O–H groups in total. The SMILES string of the molecule is Cc1cccc(-c2noc(CN3CCCC(CO)C3)n2)c1. The van der Waals surface area contributed by atoms with E-state index in [0.717, 1.165) is 31.5 Å². The Kier molecular flexibility index (Phi) is 4.31. The number of hydrogen-bond acceptors (Lipinski definition) is 5. The van der Waals surface area contributed by atoms with Crippen LogP contribution < -0.4 is 0 Å². The molecular weight excluding hydrogens is 266 g/mol. The van der Waals surface area contributed by atoms with Gasteiger partial charge in [0.05, 0.1) is 6.54 Å². The molecule has 1 aliphatic rings. The van der Waals surface area contributed by atoms with Gasteiger partial charge in [-0.25, -0.2) is 0 Å². The molecule has 1 saturated heterocycles. The zero-order chi connectivity index (χ0) is 14.7. The van der Waals surface area contributed by atoms with Crippen LogP contribution in [0.5, 0.6) is 0 Å². The number of aliphatic hydroxyl groups excluding tert-OH is 1. The Balaban J connectivity index is 1.68. The summed E-state index contributed by atoms with van der Waals surface area (Å²) in [4.78, 5) is 6.76. The van der Waals surface area contributed by atoms with Crippen molar-refractivity contribution in [2.24, 2.45) is 5.92 Å². The van der Waals surface area contributed by atoms with Crippen molar-refractivity contribution in [2.75, 3.05) is 19.7 Å². The van der Waals surface area contributed by atoms with Crippen LogP contribution in [0.2, 0.25) is 0 Å². The van der Waals surface area contributed by atoms with Crippen LogP contribution in [0.15, 0.2) is 28.8 Å². The molecule has 0 bridgehead atoms. The second-order valence-corrected chi connectivity index (χ2v) is 5.81. The third kappa shape index (κ3) is 3.49. The van der Waals surface area contributed by atoms with E-state index >= 15 is 0 Å². The van der Waals surface area contributed by atoms with Gasteiger partial charge in [0.2, 0.25) is 11.7 Å². The Morgan fingerprint density at radius 1 is 1.43 bits per heavy atom. The van der Waals surface area contributed by atoms with E-state index in [1.807, 2.05) is 25.1 Å². The Morgan fingerprint density at radius 3 is 3.14 bits per heavy atom. The van der Waals surface area contributed by atoms with E-state index in [9.17, 15) is 5.11 Å². The van der Waals surface area contributed by atoms with E-state index in [2.05, 4.69) is 21.1 Å². The van der Waals surface area contributed by atoms with Gasteiger partial charge in [-0.15, -0.1) is 0 Å². The third-order valence-corrected chi connectivity index (χ3v) is 3.96. The molecule has 1 atom stereocenters. The average Bonchev–Trinajstić information content (AvgIpc) is 2.96. The van der Waals surface area contributed by atoms with E-state index in [-0.39, 0.29) is 6.61 Å². The van der Waals surface area contributed by atoms with Gasteiger partial charge in [0.1, 0.15) is 0 Å². The van der Waals surface area contributed by atoms with Crippen molar-refractivity contribution in [3.63, 3.8) is 0 Å². The number of aliphatic hydroxyl groups is 1. The van der Waals surface area contributed by atoms with Gasteiger partial charge in [-0.1, -0.05) is 28.9 Å². The maximum absolute atomic E-state index is 9.28. The normalized spacial score (nSPS) is 19.8. The minimum Gasteiger partial charge on any atom is -0.396 e. The van der Waals surface area contributed by atoms with Crippen molar-refractivity contribution in [3.05, 3.63) is 35.7 Å². The molecule has 0 amide bonds. The largest absolute Gasteiger partial charge is 0.396 e. The molecule has 2 heterocycles. The molecule has 1 aromatic carbocycles. The van der Waals surface area contributed by atoms with Gasteiger partial charge in [-0.3, -0.25) is 4.90 Å². The summed E-state index contributed by atoms with van der Waals surface area (Å²) in [6.07, 6.45) is 2.22. The van der Waals surface area contributed by atoms with Crippen molar-refractivity contribution in [2.45, 2.75) is 26.3 Å². The molecule has 112 valence electrons. The van der Waals surface area contributed by atoms with Crippen LogP contribution in [0.1, 0.15) is 24.3 Å². The summed E-state index contributed by atoms with van der Waals surface area (Å²) in [7, 11) is 0. The molecule has 1 unspecified atom stereocenters. The summed E-state index contributed by atoms with van der Waals surface area (Å²) >= 11 is 0. The van der Waals surface area contributed by atoms with Gasteiger partial charge in [0.15, 0.2) is 0 Å². The molecule has 0 spiro atoms. The first kappa shape index (κ1) is 14.2. The zero-order valence-electron chi connectivity index (χ0n) is 12.3. The quantitative estimate of drug-likeness (QED) is 0.934. The minimum atomic E-state index is 0.259. The van der Waals surface area contributed by atoms with Crippen molar-refractivity contribution in [1.82, 2.24) is 15.0 Å². The van der Waals surface area contributed by atoms with Crippen LogP contribution in [0.25, 0.3) is 11.4 Å². The van der Waals surface area contributed by atoms with Crippen molar-refractivity contribution < 1.29 is 9.63 Å². The lowest BCUT2D eigenvalue weighted by molar-refractivity contribution is 0.107. The standard InChI is InChI=1S/C16H21N3O2/c1-12-4-2-6-14(8-12)16-17-15(21-18-16)10-19-7-3-5-13(9-19)11-20/h2,4,6,8,13,20H,3,5,7,9-11H2,1H3. The predicted octanol–water partition coefficient (Wildman–Crippen LogP) is 2.25. The first-order chi connectivity index (χ1) is 10.2. The number of aromatic nitrogens is 2. The Bertz CT molecular complexity index is 597. The van der Waals surface area contributed by atoms with Gasteiger partial charge in [0.25, 0.3) is 0 Å². The van der Waals surface area contributed by atoms with Gasteiger partial charge >= 0.3 is 0 Å². The van der Waals surface area contributed by atoms with Crippen LogP contribution in [-0.4, -0.2) is 39.8 Å². The van der Waals surface area contributed by atoms with E-state index in [0.29, 0.717) is 24.2 Å². The van der Waals surface area contributed by atoms with Crippen LogP contribution >= 0.6 is 0 Å². The number of aryl methyl sites for hydroxylation is 1. The number of likely N-dealkylation sites (tertiary alicyclic amines) is 1. The minimum absolute atomic E-state index is 0.259. The molecule has 1 aliphatic heterocycles. The highest BCUT2D eigenvalue weighted by atomic mass is 16.5. The lowest BCUT2D eigenvalue weighted by Gasteiger charge is -2.30. The van der Waals surface area contributed by atoms with Crippen LogP contribution in [0, 0.1) is 12.8 Å². The third-order valence-electron chi connectivity index (χ3n) is 3.96. The van der Waals surface area contributed by atoms with Crippen LogP contribution in [0.3, 0.4) is 0 Å². The maximum Gasteiger partial charge on any atom is 0.241 e. The molecule has 0 saturated carbocycles. The maximum atomic E-state index is 9.28.